The second-order valence-corrected chi connectivity index (χ2v) is 8.68. The normalized spacial score (nSPS) is 17.6. The molecule has 1 aromatic heterocycles. The zero-order valence-electron chi connectivity index (χ0n) is 11.2. The van der Waals surface area contributed by atoms with Crippen molar-refractivity contribution in [2.75, 3.05) is 13.7 Å². The molecule has 1 aliphatic carbocycles. The van der Waals surface area contributed by atoms with Crippen LogP contribution < -0.4 is 5.32 Å². The number of aryl methyl sites for hydroxylation is 1. The molecule has 1 aromatic rings. The van der Waals surface area contributed by atoms with Crippen LogP contribution in [0.15, 0.2) is 11.0 Å². The number of hydrogen-bond donors (Lipinski definition) is 1. The minimum absolute atomic E-state index is 0.000541. The summed E-state index contributed by atoms with van der Waals surface area (Å²) in [6.45, 7) is 2.06. The van der Waals surface area contributed by atoms with Gasteiger partial charge in [0.05, 0.1) is 15.4 Å². The standard InChI is InChI=1S/C12H16ClNO4S2/c1-8-10(20(13,16)17)6-9(19-8)11(15)14-7-12(18-2)4-3-5-12/h6H,3-5,7H2,1-2H3,(H,14,15). The van der Waals surface area contributed by atoms with E-state index in [-0.39, 0.29) is 16.4 Å². The highest BCUT2D eigenvalue weighted by Gasteiger charge is 2.37. The van der Waals surface area contributed by atoms with Gasteiger partial charge in [-0.1, -0.05) is 0 Å². The number of nitrogens with one attached hydrogen (secondary N) is 1. The van der Waals surface area contributed by atoms with Gasteiger partial charge < -0.3 is 10.1 Å². The van der Waals surface area contributed by atoms with E-state index in [2.05, 4.69) is 5.32 Å². The van der Waals surface area contributed by atoms with Crippen LogP contribution in [0.4, 0.5) is 0 Å². The van der Waals surface area contributed by atoms with E-state index in [1.54, 1.807) is 14.0 Å². The second-order valence-electron chi connectivity index (χ2n) is 4.89. The lowest BCUT2D eigenvalue weighted by atomic mass is 9.80. The van der Waals surface area contributed by atoms with Crippen molar-refractivity contribution in [2.24, 2.45) is 0 Å². The van der Waals surface area contributed by atoms with Crippen molar-refractivity contribution in [3.63, 3.8) is 0 Å². The van der Waals surface area contributed by atoms with E-state index >= 15 is 0 Å². The molecule has 0 aromatic carbocycles. The van der Waals surface area contributed by atoms with E-state index in [1.807, 2.05) is 0 Å². The minimum atomic E-state index is -3.81. The molecular formula is C12H16ClNO4S2. The topological polar surface area (TPSA) is 72.5 Å². The molecule has 0 radical (unpaired) electrons. The molecule has 1 fully saturated rings. The molecule has 0 atom stereocenters. The number of amides is 1. The van der Waals surface area contributed by atoms with Gasteiger partial charge in [0.1, 0.15) is 0 Å². The first-order valence-electron chi connectivity index (χ1n) is 6.16. The van der Waals surface area contributed by atoms with Gasteiger partial charge in [-0.05, 0) is 32.3 Å². The van der Waals surface area contributed by atoms with E-state index in [0.717, 1.165) is 30.6 Å². The molecule has 112 valence electrons. The first kappa shape index (κ1) is 15.8. The van der Waals surface area contributed by atoms with Crippen molar-refractivity contribution in [2.45, 2.75) is 36.7 Å². The SMILES string of the molecule is COC1(CNC(=O)c2cc(S(=O)(=O)Cl)c(C)s2)CCC1. The van der Waals surface area contributed by atoms with Crippen LogP contribution in [0.25, 0.3) is 0 Å². The van der Waals surface area contributed by atoms with Crippen molar-refractivity contribution < 1.29 is 17.9 Å². The largest absolute Gasteiger partial charge is 0.376 e. The average Bonchev–Trinajstić information content (AvgIpc) is 2.70. The molecule has 1 aliphatic rings. The Labute approximate surface area is 126 Å². The number of carbonyl (C=O) groups is 1. The summed E-state index contributed by atoms with van der Waals surface area (Å²) < 4.78 is 28.1. The average molecular weight is 338 g/mol. The molecule has 1 heterocycles. The summed E-state index contributed by atoms with van der Waals surface area (Å²) in [6, 6.07) is 1.32. The smallest absolute Gasteiger partial charge is 0.262 e. The van der Waals surface area contributed by atoms with Crippen molar-refractivity contribution in [1.82, 2.24) is 5.32 Å². The molecule has 0 aliphatic heterocycles. The summed E-state index contributed by atoms with van der Waals surface area (Å²) in [4.78, 5) is 12.9. The van der Waals surface area contributed by atoms with Gasteiger partial charge in [0, 0.05) is 29.2 Å². The van der Waals surface area contributed by atoms with Crippen LogP contribution in [0.5, 0.6) is 0 Å². The number of thiophene rings is 1. The fourth-order valence-electron chi connectivity index (χ4n) is 2.17. The number of carbonyl (C=O) groups excluding carboxylic acids is 1. The maximum absolute atomic E-state index is 12.0. The Morgan fingerprint density at radius 1 is 1.55 bits per heavy atom. The van der Waals surface area contributed by atoms with Crippen LogP contribution in [-0.4, -0.2) is 33.6 Å². The fourth-order valence-corrected chi connectivity index (χ4v) is 4.75. The molecule has 1 N–H and O–H groups in total. The number of hydrogen-bond acceptors (Lipinski definition) is 5. The summed E-state index contributed by atoms with van der Waals surface area (Å²) in [5.41, 5.74) is -0.261. The number of methoxy groups -OCH3 is 1. The predicted octanol–water partition coefficient (Wildman–Crippen LogP) is 2.28. The van der Waals surface area contributed by atoms with Gasteiger partial charge in [0.15, 0.2) is 0 Å². The zero-order chi connectivity index (χ0) is 15.0. The molecule has 0 saturated heterocycles. The van der Waals surface area contributed by atoms with Crippen LogP contribution >= 0.6 is 22.0 Å². The van der Waals surface area contributed by atoms with Gasteiger partial charge in [-0.25, -0.2) is 8.42 Å². The molecule has 20 heavy (non-hydrogen) atoms. The predicted molar refractivity (Wildman–Crippen MR) is 78.0 cm³/mol. The quantitative estimate of drug-likeness (QED) is 0.837. The van der Waals surface area contributed by atoms with E-state index in [0.29, 0.717) is 16.3 Å². The minimum Gasteiger partial charge on any atom is -0.376 e. The van der Waals surface area contributed by atoms with E-state index in [1.165, 1.54) is 6.07 Å². The Hall–Kier alpha value is -0.630. The van der Waals surface area contributed by atoms with Crippen molar-refractivity contribution in [1.29, 1.82) is 0 Å². The fraction of sp³-hybridized carbons (Fsp3) is 0.583. The molecule has 8 heteroatoms. The zero-order valence-corrected chi connectivity index (χ0v) is 13.6. The van der Waals surface area contributed by atoms with Gasteiger partial charge in [-0.2, -0.15) is 0 Å². The van der Waals surface area contributed by atoms with Crippen LogP contribution in [0, 0.1) is 6.92 Å². The first-order chi connectivity index (χ1) is 9.27. The van der Waals surface area contributed by atoms with E-state index in [4.69, 9.17) is 15.4 Å². The molecule has 0 bridgehead atoms. The third kappa shape index (κ3) is 3.16. The van der Waals surface area contributed by atoms with E-state index < -0.39 is 9.05 Å². The maximum atomic E-state index is 12.0. The van der Waals surface area contributed by atoms with Gasteiger partial charge >= 0.3 is 0 Å². The van der Waals surface area contributed by atoms with Crippen LogP contribution in [0.1, 0.15) is 33.8 Å². The Bertz CT molecular complexity index is 614. The van der Waals surface area contributed by atoms with Gasteiger partial charge in [-0.15, -0.1) is 11.3 Å². The van der Waals surface area contributed by atoms with Gasteiger partial charge in [0.2, 0.25) is 0 Å². The summed E-state index contributed by atoms with van der Waals surface area (Å²) >= 11 is 1.12. The molecule has 0 unspecified atom stereocenters. The lowest BCUT2D eigenvalue weighted by molar-refractivity contribution is -0.0679. The highest BCUT2D eigenvalue weighted by molar-refractivity contribution is 8.13. The van der Waals surface area contributed by atoms with Crippen LogP contribution in [0.3, 0.4) is 0 Å². The number of halogens is 1. The maximum Gasteiger partial charge on any atom is 0.262 e. The Morgan fingerprint density at radius 2 is 2.20 bits per heavy atom. The van der Waals surface area contributed by atoms with Gasteiger partial charge in [0.25, 0.3) is 15.0 Å². The molecule has 2 rings (SSSR count). The first-order valence-corrected chi connectivity index (χ1v) is 9.28. The van der Waals surface area contributed by atoms with E-state index in [9.17, 15) is 13.2 Å². The van der Waals surface area contributed by atoms with Crippen molar-refractivity contribution in [3.05, 3.63) is 15.8 Å². The number of rotatable bonds is 5. The highest BCUT2D eigenvalue weighted by Crippen LogP contribution is 2.34. The van der Waals surface area contributed by atoms with Crippen LogP contribution in [-0.2, 0) is 13.8 Å². The second kappa shape index (κ2) is 5.63. The third-order valence-corrected chi connectivity index (χ3v) is 6.25. The Morgan fingerprint density at radius 3 is 2.60 bits per heavy atom. The van der Waals surface area contributed by atoms with Crippen molar-refractivity contribution in [3.8, 4) is 0 Å². The number of ether oxygens (including phenoxy) is 1. The molecular weight excluding hydrogens is 322 g/mol. The summed E-state index contributed by atoms with van der Waals surface area (Å²) in [5, 5.41) is 2.79. The summed E-state index contributed by atoms with van der Waals surface area (Å²) in [7, 11) is 3.14. The van der Waals surface area contributed by atoms with Crippen LogP contribution in [0.2, 0.25) is 0 Å². The summed E-state index contributed by atoms with van der Waals surface area (Å²) in [5.74, 6) is -0.298. The molecule has 0 spiro atoms. The molecule has 1 saturated carbocycles. The lowest BCUT2D eigenvalue weighted by Crippen LogP contribution is -2.49. The third-order valence-electron chi connectivity index (χ3n) is 3.63. The lowest BCUT2D eigenvalue weighted by Gasteiger charge is -2.40. The molecule has 1 amide bonds. The Kier molecular flexibility index (Phi) is 4.44. The van der Waals surface area contributed by atoms with Gasteiger partial charge in [-0.3, -0.25) is 4.79 Å². The summed E-state index contributed by atoms with van der Waals surface area (Å²) in [6.07, 6.45) is 2.94. The van der Waals surface area contributed by atoms with Crippen molar-refractivity contribution >= 4 is 37.0 Å². The Balaban J connectivity index is 2.07. The monoisotopic (exact) mass is 337 g/mol. The highest BCUT2D eigenvalue weighted by atomic mass is 35.7. The molecule has 5 nitrogen and oxygen atoms in total.